The van der Waals surface area contributed by atoms with E-state index >= 15 is 0 Å². The predicted molar refractivity (Wildman–Crippen MR) is 51.2 cm³/mol. The van der Waals surface area contributed by atoms with E-state index in [0.29, 0.717) is 5.92 Å². The molecule has 0 amide bonds. The molecule has 0 bridgehead atoms. The van der Waals surface area contributed by atoms with Gasteiger partial charge in [-0.2, -0.15) is 5.26 Å². The van der Waals surface area contributed by atoms with Gasteiger partial charge in [0.05, 0.1) is 6.07 Å². The molecule has 1 fully saturated rings. The van der Waals surface area contributed by atoms with Crippen molar-refractivity contribution in [3.8, 4) is 6.07 Å². The Labute approximate surface area is 75.7 Å². The molecule has 0 aromatic rings. The average Bonchev–Trinajstić information content (AvgIpc) is 1.95. The minimum atomic E-state index is -1.55. The molecule has 12 heavy (non-hydrogen) atoms. The van der Waals surface area contributed by atoms with Crippen LogP contribution in [0.4, 0.5) is 0 Å². The maximum Gasteiger partial charge on any atom is 0.185 e. The van der Waals surface area contributed by atoms with Crippen molar-refractivity contribution in [3.63, 3.8) is 0 Å². The molecule has 0 aromatic heterocycles. The summed E-state index contributed by atoms with van der Waals surface area (Å²) in [6, 6.07) is 2.33. The lowest BCUT2D eigenvalue weighted by molar-refractivity contribution is -0.0181. The van der Waals surface area contributed by atoms with Gasteiger partial charge in [-0.1, -0.05) is 6.92 Å². The number of hydrogen-bond donors (Lipinski definition) is 0. The third kappa shape index (κ3) is 1.70. The zero-order valence-electron chi connectivity index (χ0n) is 8.35. The summed E-state index contributed by atoms with van der Waals surface area (Å²) < 4.78 is 5.90. The van der Waals surface area contributed by atoms with Crippen LogP contribution in [0, 0.1) is 17.2 Å². The summed E-state index contributed by atoms with van der Waals surface area (Å²) in [5.41, 5.74) is -0.426. The van der Waals surface area contributed by atoms with Gasteiger partial charge in [-0.3, -0.25) is 0 Å². The second-order valence-corrected chi connectivity index (χ2v) is 9.08. The second-order valence-electron chi connectivity index (χ2n) is 4.66. The quantitative estimate of drug-likeness (QED) is 0.616. The van der Waals surface area contributed by atoms with Crippen molar-refractivity contribution in [1.82, 2.24) is 0 Å². The van der Waals surface area contributed by atoms with Gasteiger partial charge in [-0.15, -0.1) is 0 Å². The van der Waals surface area contributed by atoms with Crippen molar-refractivity contribution >= 4 is 8.32 Å². The minimum absolute atomic E-state index is 0.425. The van der Waals surface area contributed by atoms with Crippen molar-refractivity contribution in [3.05, 3.63) is 0 Å². The maximum atomic E-state index is 9.02. The number of hydrogen-bond acceptors (Lipinski definition) is 2. The van der Waals surface area contributed by atoms with Gasteiger partial charge in [0.15, 0.2) is 8.32 Å². The van der Waals surface area contributed by atoms with E-state index in [1.165, 1.54) is 0 Å². The average molecular weight is 183 g/mol. The fourth-order valence-electron chi connectivity index (χ4n) is 1.58. The summed E-state index contributed by atoms with van der Waals surface area (Å²) in [6.45, 7) is 8.51. The van der Waals surface area contributed by atoms with Crippen LogP contribution in [0.5, 0.6) is 0 Å². The molecular weight excluding hydrogens is 166 g/mol. The lowest BCUT2D eigenvalue weighted by atomic mass is 9.72. The Kier molecular flexibility index (Phi) is 2.32. The highest BCUT2D eigenvalue weighted by molar-refractivity contribution is 6.69. The molecule has 0 N–H and O–H groups in total. The van der Waals surface area contributed by atoms with Crippen LogP contribution in [0.25, 0.3) is 0 Å². The fourth-order valence-corrected chi connectivity index (χ4v) is 3.02. The van der Waals surface area contributed by atoms with E-state index in [9.17, 15) is 0 Å². The molecule has 0 aromatic carbocycles. The predicted octanol–water partition coefficient (Wildman–Crippen LogP) is 2.53. The van der Waals surface area contributed by atoms with Gasteiger partial charge in [-0.05, 0) is 38.4 Å². The van der Waals surface area contributed by atoms with Crippen LogP contribution in [0.1, 0.15) is 19.8 Å². The minimum Gasteiger partial charge on any atom is -0.400 e. The Morgan fingerprint density at radius 3 is 2.17 bits per heavy atom. The Bertz CT molecular complexity index is 216. The summed E-state index contributed by atoms with van der Waals surface area (Å²) in [7, 11) is -1.55. The lowest BCUT2D eigenvalue weighted by Crippen LogP contribution is -2.52. The molecule has 0 heterocycles. The first kappa shape index (κ1) is 9.75. The van der Waals surface area contributed by atoms with Gasteiger partial charge >= 0.3 is 0 Å². The van der Waals surface area contributed by atoms with Gasteiger partial charge in [0.2, 0.25) is 0 Å². The Hall–Kier alpha value is -0.333. The summed E-state index contributed by atoms with van der Waals surface area (Å²) >= 11 is 0. The van der Waals surface area contributed by atoms with Crippen molar-refractivity contribution < 1.29 is 4.43 Å². The molecular formula is C9H17NOSi. The third-order valence-corrected chi connectivity index (χ3v) is 3.40. The molecule has 2 atom stereocenters. The van der Waals surface area contributed by atoms with Gasteiger partial charge in [-0.25, -0.2) is 0 Å². The molecule has 1 aliphatic carbocycles. The first-order chi connectivity index (χ1) is 5.40. The highest BCUT2D eigenvalue weighted by Crippen LogP contribution is 2.42. The van der Waals surface area contributed by atoms with Crippen LogP contribution in [-0.2, 0) is 4.43 Å². The second kappa shape index (κ2) is 2.86. The molecule has 1 rings (SSSR count). The summed E-state index contributed by atoms with van der Waals surface area (Å²) in [6.07, 6.45) is 2.06. The topological polar surface area (TPSA) is 33.0 Å². The van der Waals surface area contributed by atoms with E-state index in [1.54, 1.807) is 0 Å². The van der Waals surface area contributed by atoms with Crippen LogP contribution in [-0.4, -0.2) is 13.9 Å². The molecule has 1 aliphatic rings. The van der Waals surface area contributed by atoms with E-state index in [2.05, 4.69) is 32.6 Å². The first-order valence-corrected chi connectivity index (χ1v) is 7.92. The Morgan fingerprint density at radius 1 is 1.50 bits per heavy atom. The number of nitriles is 1. The molecule has 2 unspecified atom stereocenters. The van der Waals surface area contributed by atoms with E-state index in [-0.39, 0.29) is 0 Å². The van der Waals surface area contributed by atoms with Gasteiger partial charge in [0, 0.05) is 0 Å². The normalized spacial score (nSPS) is 35.4. The zero-order chi connectivity index (χ0) is 9.41. The van der Waals surface area contributed by atoms with Crippen LogP contribution in [0.15, 0.2) is 0 Å². The first-order valence-electron chi connectivity index (χ1n) is 4.51. The van der Waals surface area contributed by atoms with E-state index in [1.807, 2.05) is 0 Å². The van der Waals surface area contributed by atoms with E-state index in [4.69, 9.17) is 9.69 Å². The summed E-state index contributed by atoms with van der Waals surface area (Å²) in [5, 5.41) is 9.02. The van der Waals surface area contributed by atoms with Crippen molar-refractivity contribution in [1.29, 1.82) is 5.26 Å². The van der Waals surface area contributed by atoms with E-state index in [0.717, 1.165) is 12.8 Å². The number of nitrogens with zero attached hydrogens (tertiary/aromatic N) is 1. The lowest BCUT2D eigenvalue weighted by Gasteiger charge is -2.45. The highest BCUT2D eigenvalue weighted by Gasteiger charge is 2.47. The Balaban J connectivity index is 2.66. The SMILES string of the molecule is CC1CCC1(C#N)O[Si](C)(C)C. The van der Waals surface area contributed by atoms with Gasteiger partial charge in [0.25, 0.3) is 0 Å². The molecule has 0 spiro atoms. The monoisotopic (exact) mass is 183 g/mol. The number of rotatable bonds is 2. The molecule has 1 saturated carbocycles. The molecule has 0 aliphatic heterocycles. The highest BCUT2D eigenvalue weighted by atomic mass is 28.4. The van der Waals surface area contributed by atoms with Crippen LogP contribution >= 0.6 is 0 Å². The fraction of sp³-hybridized carbons (Fsp3) is 0.889. The van der Waals surface area contributed by atoms with Gasteiger partial charge in [0.1, 0.15) is 5.60 Å². The molecule has 3 heteroatoms. The largest absolute Gasteiger partial charge is 0.400 e. The maximum absolute atomic E-state index is 9.02. The molecule has 0 radical (unpaired) electrons. The van der Waals surface area contributed by atoms with Crippen LogP contribution < -0.4 is 0 Å². The zero-order valence-corrected chi connectivity index (χ0v) is 9.35. The molecule has 68 valence electrons. The van der Waals surface area contributed by atoms with E-state index < -0.39 is 13.9 Å². The van der Waals surface area contributed by atoms with Crippen LogP contribution in [0.3, 0.4) is 0 Å². The smallest absolute Gasteiger partial charge is 0.185 e. The van der Waals surface area contributed by atoms with Crippen molar-refractivity contribution in [2.24, 2.45) is 5.92 Å². The molecule has 2 nitrogen and oxygen atoms in total. The third-order valence-electron chi connectivity index (χ3n) is 2.42. The van der Waals surface area contributed by atoms with Crippen LogP contribution in [0.2, 0.25) is 19.6 Å². The molecule has 0 saturated heterocycles. The van der Waals surface area contributed by atoms with Gasteiger partial charge < -0.3 is 4.43 Å². The summed E-state index contributed by atoms with van der Waals surface area (Å²) in [5.74, 6) is 0.425. The standard InChI is InChI=1S/C9H17NOSi/c1-8-5-6-9(8,7-10)11-12(2,3)4/h8H,5-6H2,1-4H3. The Morgan fingerprint density at radius 2 is 2.08 bits per heavy atom. The summed E-state index contributed by atoms with van der Waals surface area (Å²) in [4.78, 5) is 0. The van der Waals surface area contributed by atoms with Crippen molar-refractivity contribution in [2.75, 3.05) is 0 Å². The van der Waals surface area contributed by atoms with Crippen molar-refractivity contribution in [2.45, 2.75) is 45.0 Å².